The summed E-state index contributed by atoms with van der Waals surface area (Å²) in [5.74, 6) is -1.04. The fraction of sp³-hybridized carbons (Fsp3) is 0.318. The zero-order valence-corrected chi connectivity index (χ0v) is 19.1. The highest BCUT2D eigenvalue weighted by molar-refractivity contribution is 6.40. The molecular formula is C22H24Cl2N2O5. The van der Waals surface area contributed by atoms with Crippen LogP contribution in [0.3, 0.4) is 0 Å². The second-order valence-corrected chi connectivity index (χ2v) is 8.49. The zero-order valence-electron chi connectivity index (χ0n) is 17.6. The average Bonchev–Trinajstić information content (AvgIpc) is 2.66. The van der Waals surface area contributed by atoms with E-state index in [9.17, 15) is 14.4 Å². The fourth-order valence-electron chi connectivity index (χ4n) is 2.65. The summed E-state index contributed by atoms with van der Waals surface area (Å²) >= 11 is 12.1. The van der Waals surface area contributed by atoms with Crippen molar-refractivity contribution in [3.8, 4) is 0 Å². The lowest BCUT2D eigenvalue weighted by Crippen LogP contribution is -2.45. The molecule has 0 saturated carbocycles. The molecule has 1 atom stereocenters. The number of ether oxygens (including phenoxy) is 2. The number of alkyl carbamates (subject to hydrolysis) is 1. The van der Waals surface area contributed by atoms with Gasteiger partial charge in [0.1, 0.15) is 11.6 Å². The van der Waals surface area contributed by atoms with Crippen LogP contribution in [-0.4, -0.2) is 36.7 Å². The van der Waals surface area contributed by atoms with Crippen molar-refractivity contribution in [2.45, 2.75) is 38.8 Å². The van der Waals surface area contributed by atoms with Gasteiger partial charge in [-0.2, -0.15) is 0 Å². The molecule has 0 radical (unpaired) electrons. The molecule has 0 heterocycles. The molecule has 0 fully saturated rings. The summed E-state index contributed by atoms with van der Waals surface area (Å²) in [5, 5.41) is 5.73. The molecule has 2 N–H and O–H groups in total. The van der Waals surface area contributed by atoms with Gasteiger partial charge in [-0.25, -0.2) is 9.59 Å². The number of hydrogen-bond acceptors (Lipinski definition) is 5. The molecule has 2 amide bonds. The maximum atomic E-state index is 12.5. The van der Waals surface area contributed by atoms with Crippen LogP contribution < -0.4 is 10.6 Å². The number of carbonyl (C=O) groups excluding carboxylic acids is 3. The maximum absolute atomic E-state index is 12.5. The second kappa shape index (κ2) is 10.5. The second-order valence-electron chi connectivity index (χ2n) is 7.67. The van der Waals surface area contributed by atoms with Gasteiger partial charge in [0, 0.05) is 12.1 Å². The van der Waals surface area contributed by atoms with Gasteiger partial charge in [-0.05, 0) is 50.6 Å². The van der Waals surface area contributed by atoms with E-state index in [1.165, 1.54) is 7.11 Å². The number of amides is 2. The number of hydrogen-bond donors (Lipinski definition) is 2. The SMILES string of the molecule is COC(=O)C(Cc1ccc(NC(=O)c2c(Cl)cccc2Cl)cc1)NC(=O)OC(C)(C)C. The fourth-order valence-corrected chi connectivity index (χ4v) is 3.22. The van der Waals surface area contributed by atoms with Crippen molar-refractivity contribution in [3.05, 3.63) is 63.6 Å². The lowest BCUT2D eigenvalue weighted by atomic mass is 10.1. The third kappa shape index (κ3) is 7.45. The van der Waals surface area contributed by atoms with Crippen molar-refractivity contribution in [1.82, 2.24) is 5.32 Å². The topological polar surface area (TPSA) is 93.7 Å². The predicted octanol–water partition coefficient (Wildman–Crippen LogP) is 4.85. The Hall–Kier alpha value is -2.77. The Morgan fingerprint density at radius 2 is 1.58 bits per heavy atom. The number of nitrogens with one attached hydrogen (secondary N) is 2. The molecule has 2 aromatic carbocycles. The number of methoxy groups -OCH3 is 1. The van der Waals surface area contributed by atoms with E-state index in [1.807, 2.05) is 0 Å². The summed E-state index contributed by atoms with van der Waals surface area (Å²) in [5.41, 5.74) is 0.733. The third-order valence-corrected chi connectivity index (χ3v) is 4.65. The van der Waals surface area contributed by atoms with Crippen LogP contribution in [0.2, 0.25) is 10.0 Å². The third-order valence-electron chi connectivity index (χ3n) is 4.02. The van der Waals surface area contributed by atoms with E-state index in [0.717, 1.165) is 5.56 Å². The van der Waals surface area contributed by atoms with Crippen molar-refractivity contribution in [3.63, 3.8) is 0 Å². The van der Waals surface area contributed by atoms with Crippen LogP contribution in [-0.2, 0) is 20.7 Å². The Bertz CT molecular complexity index is 935. The lowest BCUT2D eigenvalue weighted by molar-refractivity contribution is -0.143. The smallest absolute Gasteiger partial charge is 0.408 e. The van der Waals surface area contributed by atoms with E-state index in [2.05, 4.69) is 10.6 Å². The van der Waals surface area contributed by atoms with E-state index in [-0.39, 0.29) is 22.0 Å². The van der Waals surface area contributed by atoms with Gasteiger partial charge in [0.15, 0.2) is 0 Å². The van der Waals surface area contributed by atoms with Crippen molar-refractivity contribution in [2.75, 3.05) is 12.4 Å². The van der Waals surface area contributed by atoms with Crippen molar-refractivity contribution >= 4 is 46.9 Å². The van der Waals surface area contributed by atoms with Gasteiger partial charge in [-0.1, -0.05) is 41.4 Å². The molecule has 9 heteroatoms. The summed E-state index contributed by atoms with van der Waals surface area (Å²) < 4.78 is 9.97. The molecule has 166 valence electrons. The molecular weight excluding hydrogens is 443 g/mol. The van der Waals surface area contributed by atoms with Crippen molar-refractivity contribution in [1.29, 1.82) is 0 Å². The van der Waals surface area contributed by atoms with Crippen LogP contribution in [0.4, 0.5) is 10.5 Å². The largest absolute Gasteiger partial charge is 0.467 e. The molecule has 2 aromatic rings. The summed E-state index contributed by atoms with van der Waals surface area (Å²) in [4.78, 5) is 36.6. The molecule has 2 rings (SSSR count). The molecule has 7 nitrogen and oxygen atoms in total. The molecule has 0 bridgehead atoms. The lowest BCUT2D eigenvalue weighted by Gasteiger charge is -2.22. The first kappa shape index (κ1) is 24.5. The number of carbonyl (C=O) groups is 3. The molecule has 0 aromatic heterocycles. The van der Waals surface area contributed by atoms with Gasteiger partial charge in [0.25, 0.3) is 5.91 Å². The van der Waals surface area contributed by atoms with Gasteiger partial charge >= 0.3 is 12.1 Å². The van der Waals surface area contributed by atoms with Crippen molar-refractivity contribution in [2.24, 2.45) is 0 Å². The number of benzene rings is 2. The minimum absolute atomic E-state index is 0.177. The summed E-state index contributed by atoms with van der Waals surface area (Å²) in [6, 6.07) is 10.7. The first-order chi connectivity index (χ1) is 14.5. The highest BCUT2D eigenvalue weighted by Gasteiger charge is 2.25. The minimum Gasteiger partial charge on any atom is -0.467 e. The van der Waals surface area contributed by atoms with Crippen LogP contribution in [0.15, 0.2) is 42.5 Å². The van der Waals surface area contributed by atoms with E-state index in [0.29, 0.717) is 5.69 Å². The Labute approximate surface area is 191 Å². The molecule has 0 saturated heterocycles. The van der Waals surface area contributed by atoms with Gasteiger partial charge < -0.3 is 20.1 Å². The highest BCUT2D eigenvalue weighted by Crippen LogP contribution is 2.25. The van der Waals surface area contributed by atoms with Crippen LogP contribution >= 0.6 is 23.2 Å². The number of rotatable bonds is 6. The molecule has 0 aliphatic carbocycles. The van der Waals surface area contributed by atoms with Crippen molar-refractivity contribution < 1.29 is 23.9 Å². The average molecular weight is 467 g/mol. The molecule has 31 heavy (non-hydrogen) atoms. The maximum Gasteiger partial charge on any atom is 0.408 e. The van der Waals surface area contributed by atoms with Crippen LogP contribution in [0.5, 0.6) is 0 Å². The van der Waals surface area contributed by atoms with E-state index in [1.54, 1.807) is 63.2 Å². The van der Waals surface area contributed by atoms with Crippen LogP contribution in [0.25, 0.3) is 0 Å². The first-order valence-corrected chi connectivity index (χ1v) is 10.2. The first-order valence-electron chi connectivity index (χ1n) is 9.42. The van der Waals surface area contributed by atoms with Crippen LogP contribution in [0, 0.1) is 0 Å². The summed E-state index contributed by atoms with van der Waals surface area (Å²) in [6.07, 6.45) is -0.542. The number of anilines is 1. The van der Waals surface area contributed by atoms with E-state index >= 15 is 0 Å². The monoisotopic (exact) mass is 466 g/mol. The van der Waals surface area contributed by atoms with Gasteiger partial charge in [-0.15, -0.1) is 0 Å². The normalized spacial score (nSPS) is 11.9. The summed E-state index contributed by atoms with van der Waals surface area (Å²) in [6.45, 7) is 5.17. The highest BCUT2D eigenvalue weighted by atomic mass is 35.5. The predicted molar refractivity (Wildman–Crippen MR) is 120 cm³/mol. The van der Waals surface area contributed by atoms with E-state index in [4.69, 9.17) is 32.7 Å². The zero-order chi connectivity index (χ0) is 23.2. The Morgan fingerprint density at radius 3 is 2.10 bits per heavy atom. The Balaban J connectivity index is 2.07. The van der Waals surface area contributed by atoms with Gasteiger partial charge in [0.2, 0.25) is 0 Å². The molecule has 0 aliphatic heterocycles. The van der Waals surface area contributed by atoms with Gasteiger partial charge in [-0.3, -0.25) is 4.79 Å². The van der Waals surface area contributed by atoms with Crippen LogP contribution in [0.1, 0.15) is 36.7 Å². The quantitative estimate of drug-likeness (QED) is 0.593. The molecule has 1 unspecified atom stereocenters. The van der Waals surface area contributed by atoms with Gasteiger partial charge in [0.05, 0.1) is 22.7 Å². The number of halogens is 2. The minimum atomic E-state index is -0.928. The standard InChI is InChI=1S/C22H24Cl2N2O5/c1-22(2,3)31-21(29)26-17(20(28)30-4)12-13-8-10-14(11-9-13)25-19(27)18-15(23)6-5-7-16(18)24/h5-11,17H,12H2,1-4H3,(H,25,27)(H,26,29). The molecule has 0 aliphatic rings. The Kier molecular flexibility index (Phi) is 8.30. The van der Waals surface area contributed by atoms with E-state index < -0.39 is 29.6 Å². The Morgan fingerprint density at radius 1 is 1.00 bits per heavy atom. The summed E-state index contributed by atoms with van der Waals surface area (Å²) in [7, 11) is 1.24. The molecule has 0 spiro atoms. The number of esters is 1.